The van der Waals surface area contributed by atoms with Gasteiger partial charge < -0.3 is 14.2 Å². The predicted octanol–water partition coefficient (Wildman–Crippen LogP) is 5.14. The number of hydrogen-bond acceptors (Lipinski definition) is 6. The monoisotopic (exact) mass is 459 g/mol. The lowest BCUT2D eigenvalue weighted by Crippen LogP contribution is -2.69. The highest BCUT2D eigenvalue weighted by Crippen LogP contribution is 2.50. The van der Waals surface area contributed by atoms with E-state index in [9.17, 15) is 9.59 Å². The van der Waals surface area contributed by atoms with Gasteiger partial charge in [-0.2, -0.15) is 0 Å². The van der Waals surface area contributed by atoms with Gasteiger partial charge in [-0.05, 0) is 65.0 Å². The van der Waals surface area contributed by atoms with Crippen molar-refractivity contribution in [2.75, 3.05) is 0 Å². The van der Waals surface area contributed by atoms with Crippen molar-refractivity contribution >= 4 is 29.3 Å². The summed E-state index contributed by atoms with van der Waals surface area (Å²) in [5.41, 5.74) is -0.623. The fourth-order valence-corrected chi connectivity index (χ4v) is 5.57. The van der Waals surface area contributed by atoms with Gasteiger partial charge in [0.2, 0.25) is 0 Å². The van der Waals surface area contributed by atoms with E-state index in [0.717, 1.165) is 19.3 Å². The molecule has 5 rings (SSSR count). The van der Waals surface area contributed by atoms with Crippen LogP contribution in [0.4, 0.5) is 4.79 Å². The average Bonchev–Trinajstić information content (AvgIpc) is 3.53. The van der Waals surface area contributed by atoms with E-state index in [1.807, 2.05) is 51.1 Å². The molecule has 2 saturated heterocycles. The minimum Gasteiger partial charge on any atom is -0.452 e. The molecule has 0 spiro atoms. The Bertz CT molecular complexity index is 863. The molecule has 5 atom stereocenters. The number of para-hydroxylation sites is 1. The Morgan fingerprint density at radius 2 is 1.78 bits per heavy atom. The Kier molecular flexibility index (Phi) is 6.48. The van der Waals surface area contributed by atoms with Crippen molar-refractivity contribution in [3.63, 3.8) is 0 Å². The highest BCUT2D eigenvalue weighted by molar-refractivity contribution is 7.79. The first-order valence-electron chi connectivity index (χ1n) is 11.6. The molecule has 1 amide bonds. The molecule has 2 bridgehead atoms. The number of benzene rings is 1. The number of rotatable bonds is 5. The first-order chi connectivity index (χ1) is 15.1. The Hall–Kier alpha value is -2.15. The molecule has 4 fully saturated rings. The minimum absolute atomic E-state index is 0.0427. The summed E-state index contributed by atoms with van der Waals surface area (Å²) in [6, 6.07) is 8.64. The van der Waals surface area contributed by atoms with Gasteiger partial charge in [0.25, 0.3) is 0 Å². The molecule has 1 aromatic carbocycles. The van der Waals surface area contributed by atoms with Crippen molar-refractivity contribution in [2.24, 2.45) is 17.8 Å². The van der Waals surface area contributed by atoms with Gasteiger partial charge in [-0.15, -0.1) is 0 Å². The quantitative estimate of drug-likeness (QED) is 0.568. The van der Waals surface area contributed by atoms with Gasteiger partial charge in [-0.3, -0.25) is 9.69 Å². The summed E-state index contributed by atoms with van der Waals surface area (Å²) in [5.74, 6) is 1.19. The van der Waals surface area contributed by atoms with E-state index in [1.54, 1.807) is 11.8 Å². The van der Waals surface area contributed by atoms with Crippen molar-refractivity contribution in [3.8, 4) is 5.75 Å². The number of piperidine rings is 2. The number of ketones is 1. The van der Waals surface area contributed by atoms with Gasteiger partial charge in [-0.25, -0.2) is 4.79 Å². The van der Waals surface area contributed by atoms with E-state index in [2.05, 4.69) is 0 Å². The first-order valence-corrected chi connectivity index (χ1v) is 12.0. The summed E-state index contributed by atoms with van der Waals surface area (Å²) in [5, 5.41) is 0.0701. The standard InChI is InChI=1S/C25H33NO5S/c1-15(27)21-18-12-13-20(26(21)23(28)31-25(2,3)4)19(14-16-10-11-16)22(18)30-24(32)29-17-8-6-5-7-9-17/h5-9,16,18-22H,10-14H2,1-4H3/t18-,19+,20-,21+,22-/m0/s1. The second kappa shape index (κ2) is 9.00. The van der Waals surface area contributed by atoms with E-state index in [1.165, 1.54) is 12.8 Å². The fourth-order valence-electron chi connectivity index (χ4n) is 5.36. The first kappa shape index (κ1) is 23.0. The molecule has 2 aliphatic carbocycles. The van der Waals surface area contributed by atoms with E-state index >= 15 is 0 Å². The van der Waals surface area contributed by atoms with Crippen LogP contribution in [-0.4, -0.2) is 45.8 Å². The lowest BCUT2D eigenvalue weighted by atomic mass is 9.64. The fraction of sp³-hybridized carbons (Fsp3) is 0.640. The largest absolute Gasteiger partial charge is 0.452 e. The number of thiocarbonyl (C=S) groups is 1. The summed E-state index contributed by atoms with van der Waals surface area (Å²) < 4.78 is 17.7. The van der Waals surface area contributed by atoms with Crippen molar-refractivity contribution in [3.05, 3.63) is 30.3 Å². The van der Waals surface area contributed by atoms with E-state index in [0.29, 0.717) is 11.7 Å². The number of carbonyl (C=O) groups excluding carboxylic acids is 2. The lowest BCUT2D eigenvalue weighted by Gasteiger charge is -2.57. The molecule has 6 nitrogen and oxygen atoms in total. The number of Topliss-reactive ketones (excluding diaryl/α,β-unsaturated/α-hetero) is 1. The third-order valence-corrected chi connectivity index (χ3v) is 6.88. The topological polar surface area (TPSA) is 65.1 Å². The highest BCUT2D eigenvalue weighted by Gasteiger charge is 2.58. The third-order valence-electron chi connectivity index (χ3n) is 6.70. The number of carbonyl (C=O) groups is 2. The maximum absolute atomic E-state index is 13.2. The second-order valence-corrected chi connectivity index (χ2v) is 10.7. The minimum atomic E-state index is -0.623. The van der Waals surface area contributed by atoms with Crippen LogP contribution in [0.5, 0.6) is 5.75 Å². The second-order valence-electron chi connectivity index (χ2n) is 10.3. The average molecular weight is 460 g/mol. The SMILES string of the molecule is CC(=O)[C@@H]1[C@@H]2CC[C@@H]([C@@H](CC3CC3)[C@H]2OC(=S)Oc2ccccc2)N1C(=O)OC(C)(C)C. The van der Waals surface area contributed by atoms with E-state index < -0.39 is 17.7 Å². The Balaban J connectivity index is 1.58. The van der Waals surface area contributed by atoms with Crippen LogP contribution < -0.4 is 4.74 Å². The zero-order chi connectivity index (χ0) is 23.0. The Morgan fingerprint density at radius 1 is 1.09 bits per heavy atom. The zero-order valence-electron chi connectivity index (χ0n) is 19.3. The van der Waals surface area contributed by atoms with Gasteiger partial charge in [-0.1, -0.05) is 31.0 Å². The summed E-state index contributed by atoms with van der Waals surface area (Å²) in [6.07, 6.45) is 4.37. The molecule has 7 heteroatoms. The molecular formula is C25H33NO5S. The molecule has 1 aromatic rings. The van der Waals surface area contributed by atoms with Gasteiger partial charge in [0.15, 0.2) is 5.78 Å². The number of fused-ring (bicyclic) bond motifs is 3. The van der Waals surface area contributed by atoms with Crippen LogP contribution in [0.3, 0.4) is 0 Å². The van der Waals surface area contributed by atoms with Gasteiger partial charge >= 0.3 is 11.3 Å². The smallest absolute Gasteiger partial charge is 0.411 e. The molecule has 174 valence electrons. The van der Waals surface area contributed by atoms with Crippen LogP contribution in [0.1, 0.15) is 59.8 Å². The van der Waals surface area contributed by atoms with Crippen LogP contribution in [0.15, 0.2) is 30.3 Å². The van der Waals surface area contributed by atoms with Crippen LogP contribution in [0.2, 0.25) is 0 Å². The predicted molar refractivity (Wildman–Crippen MR) is 124 cm³/mol. The molecule has 0 unspecified atom stereocenters. The summed E-state index contributed by atoms with van der Waals surface area (Å²) in [4.78, 5) is 27.7. The molecule has 0 N–H and O–H groups in total. The number of amides is 1. The molecule has 32 heavy (non-hydrogen) atoms. The normalized spacial score (nSPS) is 29.4. The molecule has 2 saturated carbocycles. The molecular weight excluding hydrogens is 426 g/mol. The molecule has 0 radical (unpaired) electrons. The lowest BCUT2D eigenvalue weighted by molar-refractivity contribution is -0.152. The summed E-state index contributed by atoms with van der Waals surface area (Å²) >= 11 is 5.44. The number of nitrogens with zero attached hydrogens (tertiary/aromatic N) is 1. The molecule has 2 aliphatic heterocycles. The van der Waals surface area contributed by atoms with E-state index in [4.69, 9.17) is 26.4 Å². The van der Waals surface area contributed by atoms with Crippen molar-refractivity contribution in [1.29, 1.82) is 0 Å². The van der Waals surface area contributed by atoms with Crippen LogP contribution in [0.25, 0.3) is 0 Å². The third kappa shape index (κ3) is 5.08. The van der Waals surface area contributed by atoms with Crippen molar-refractivity contribution in [1.82, 2.24) is 4.90 Å². The van der Waals surface area contributed by atoms with E-state index in [-0.39, 0.29) is 35.0 Å². The van der Waals surface area contributed by atoms with Crippen LogP contribution in [0, 0.1) is 17.8 Å². The number of hydrogen-bond donors (Lipinski definition) is 0. The van der Waals surface area contributed by atoms with Crippen LogP contribution >= 0.6 is 12.2 Å². The number of ether oxygens (including phenoxy) is 3. The van der Waals surface area contributed by atoms with Gasteiger partial charge in [0, 0.05) is 30.1 Å². The Labute approximate surface area is 195 Å². The summed E-state index contributed by atoms with van der Waals surface area (Å²) in [6.45, 7) is 7.10. The molecule has 0 aromatic heterocycles. The van der Waals surface area contributed by atoms with Crippen molar-refractivity contribution in [2.45, 2.75) is 83.6 Å². The zero-order valence-corrected chi connectivity index (χ0v) is 20.1. The maximum atomic E-state index is 13.2. The highest BCUT2D eigenvalue weighted by atomic mass is 32.1. The molecule has 2 heterocycles. The van der Waals surface area contributed by atoms with Gasteiger partial charge in [0.05, 0.1) is 0 Å². The van der Waals surface area contributed by atoms with Gasteiger partial charge in [0.1, 0.15) is 23.5 Å². The van der Waals surface area contributed by atoms with Crippen molar-refractivity contribution < 1.29 is 23.8 Å². The maximum Gasteiger partial charge on any atom is 0.411 e. The summed E-state index contributed by atoms with van der Waals surface area (Å²) in [7, 11) is 0. The molecule has 4 aliphatic rings. The van der Waals surface area contributed by atoms with Crippen LogP contribution in [-0.2, 0) is 14.3 Å². The Morgan fingerprint density at radius 3 is 2.38 bits per heavy atom.